The molecule has 0 atom stereocenters. The summed E-state index contributed by atoms with van der Waals surface area (Å²) in [7, 11) is 2.12. The van der Waals surface area contributed by atoms with Gasteiger partial charge >= 0.3 is 0 Å². The number of carbonyl (C=O) groups is 2. The molecule has 5 rings (SSSR count). The third-order valence-electron chi connectivity index (χ3n) is 6.03. The summed E-state index contributed by atoms with van der Waals surface area (Å²) in [6.45, 7) is 4.17. The number of carbonyl (C=O) groups excluding carboxylic acids is 2. The smallest absolute Gasteiger partial charge is 0.261 e. The van der Waals surface area contributed by atoms with Crippen molar-refractivity contribution in [2.45, 2.75) is 6.54 Å². The van der Waals surface area contributed by atoms with Gasteiger partial charge in [0.15, 0.2) is 5.82 Å². The van der Waals surface area contributed by atoms with Crippen LogP contribution in [-0.4, -0.2) is 60.1 Å². The molecular formula is C25H25FN6O2S. The number of aromatic amines is 1. The average molecular weight is 493 g/mol. The molecule has 1 aliphatic heterocycles. The molecule has 0 bridgehead atoms. The lowest BCUT2D eigenvalue weighted by Gasteiger charge is -2.34. The molecule has 4 aromatic rings. The quantitative estimate of drug-likeness (QED) is 0.382. The van der Waals surface area contributed by atoms with Gasteiger partial charge in [0.05, 0.1) is 15.1 Å². The number of likely N-dealkylation sites (N-methyl/N-ethyl adjacent to an activating group) is 1. The van der Waals surface area contributed by atoms with Gasteiger partial charge in [-0.25, -0.2) is 4.39 Å². The van der Waals surface area contributed by atoms with Crippen molar-refractivity contribution < 1.29 is 14.0 Å². The normalized spacial score (nSPS) is 14.3. The van der Waals surface area contributed by atoms with Gasteiger partial charge < -0.3 is 20.4 Å². The lowest BCUT2D eigenvalue weighted by molar-refractivity contribution is 0.0954. The number of piperazine rings is 1. The fraction of sp³-hybridized carbons (Fsp3) is 0.240. The summed E-state index contributed by atoms with van der Waals surface area (Å²) >= 11 is 1.23. The lowest BCUT2D eigenvalue weighted by Crippen LogP contribution is -2.44. The zero-order valence-electron chi connectivity index (χ0n) is 19.2. The molecular weight excluding hydrogens is 467 g/mol. The lowest BCUT2D eigenvalue weighted by atomic mass is 10.1. The van der Waals surface area contributed by atoms with Crippen LogP contribution in [0.4, 0.5) is 15.9 Å². The van der Waals surface area contributed by atoms with Gasteiger partial charge in [0.1, 0.15) is 5.82 Å². The zero-order chi connectivity index (χ0) is 24.4. The Kier molecular flexibility index (Phi) is 6.47. The summed E-state index contributed by atoms with van der Waals surface area (Å²) in [6.07, 6.45) is 0. The Balaban J connectivity index is 1.23. The van der Waals surface area contributed by atoms with Crippen LogP contribution in [0, 0.1) is 5.82 Å². The first-order valence-electron chi connectivity index (χ1n) is 11.3. The van der Waals surface area contributed by atoms with Gasteiger partial charge in [0, 0.05) is 44.0 Å². The number of nitrogens with one attached hydrogen (secondary N) is 3. The molecule has 0 saturated carbocycles. The molecule has 1 fully saturated rings. The summed E-state index contributed by atoms with van der Waals surface area (Å²) in [5, 5.41) is 12.7. The van der Waals surface area contributed by atoms with E-state index in [0.717, 1.165) is 31.9 Å². The predicted octanol–water partition coefficient (Wildman–Crippen LogP) is 3.70. The number of amides is 2. The molecule has 1 saturated heterocycles. The van der Waals surface area contributed by atoms with E-state index in [1.807, 2.05) is 24.3 Å². The van der Waals surface area contributed by atoms with Crippen molar-refractivity contribution >= 4 is 44.9 Å². The minimum Gasteiger partial charge on any atom is -0.369 e. The molecule has 2 aromatic carbocycles. The van der Waals surface area contributed by atoms with Crippen LogP contribution in [-0.2, 0) is 6.54 Å². The minimum atomic E-state index is -0.346. The molecule has 8 nitrogen and oxygen atoms in total. The fourth-order valence-electron chi connectivity index (χ4n) is 4.00. The van der Waals surface area contributed by atoms with E-state index in [0.29, 0.717) is 32.0 Å². The number of fused-ring (bicyclic) bond motifs is 1. The van der Waals surface area contributed by atoms with Crippen LogP contribution in [0.1, 0.15) is 25.6 Å². The van der Waals surface area contributed by atoms with E-state index in [1.54, 1.807) is 18.2 Å². The third kappa shape index (κ3) is 5.18. The molecule has 0 aliphatic carbocycles. The van der Waals surface area contributed by atoms with E-state index >= 15 is 0 Å². The van der Waals surface area contributed by atoms with Crippen LogP contribution in [0.3, 0.4) is 0 Å². The fourth-order valence-corrected chi connectivity index (χ4v) is 4.97. The third-order valence-corrected chi connectivity index (χ3v) is 7.17. The Morgan fingerprint density at radius 1 is 1.06 bits per heavy atom. The van der Waals surface area contributed by atoms with Crippen LogP contribution in [0.25, 0.3) is 10.2 Å². The maximum absolute atomic E-state index is 13.3. The number of H-pyrrole nitrogens is 1. The number of aromatic nitrogens is 2. The Morgan fingerprint density at radius 3 is 2.57 bits per heavy atom. The van der Waals surface area contributed by atoms with E-state index in [4.69, 9.17) is 0 Å². The van der Waals surface area contributed by atoms with Gasteiger partial charge in [-0.1, -0.05) is 12.1 Å². The first kappa shape index (κ1) is 23.0. The van der Waals surface area contributed by atoms with Gasteiger partial charge in [0.2, 0.25) is 0 Å². The molecule has 180 valence electrons. The van der Waals surface area contributed by atoms with Crippen LogP contribution >= 0.6 is 11.3 Å². The highest BCUT2D eigenvalue weighted by atomic mass is 32.1. The average Bonchev–Trinajstić information content (AvgIpc) is 3.45. The highest BCUT2D eigenvalue weighted by Crippen LogP contribution is 2.30. The number of nitrogens with zero attached hydrogens (tertiary/aromatic N) is 3. The number of thiophene rings is 1. The van der Waals surface area contributed by atoms with Crippen molar-refractivity contribution in [3.8, 4) is 0 Å². The van der Waals surface area contributed by atoms with Crippen LogP contribution in [0.15, 0.2) is 54.6 Å². The molecule has 0 radical (unpaired) electrons. The molecule has 2 aromatic heterocycles. The van der Waals surface area contributed by atoms with Crippen molar-refractivity contribution in [3.05, 3.63) is 76.4 Å². The number of anilines is 2. The monoisotopic (exact) mass is 492 g/mol. The summed E-state index contributed by atoms with van der Waals surface area (Å²) in [4.78, 5) is 30.5. The van der Waals surface area contributed by atoms with E-state index in [1.165, 1.54) is 23.5 Å². The standard InChI is InChI=1S/C25H25FN6O2S/c1-31-9-11-32(12-10-31)19-7-5-17(6-8-19)24(33)28-23-22-20(29-30-23)14-21(35-22)25(34)27-15-16-3-2-4-18(26)13-16/h2-8,13-14H,9-12,15H2,1H3,(H,27,34)(H2,28,29,30,33). The van der Waals surface area contributed by atoms with Gasteiger partial charge in [-0.3, -0.25) is 14.7 Å². The zero-order valence-corrected chi connectivity index (χ0v) is 20.0. The molecule has 35 heavy (non-hydrogen) atoms. The SMILES string of the molecule is CN1CCN(c2ccc(C(=O)Nc3n[nH]c4cc(C(=O)NCc5cccc(F)c5)sc34)cc2)CC1. The van der Waals surface area contributed by atoms with Gasteiger partial charge in [0.25, 0.3) is 11.8 Å². The van der Waals surface area contributed by atoms with Crippen molar-refractivity contribution in [1.29, 1.82) is 0 Å². The number of benzene rings is 2. The van der Waals surface area contributed by atoms with E-state index in [2.05, 4.69) is 37.7 Å². The number of hydrogen-bond acceptors (Lipinski definition) is 6. The van der Waals surface area contributed by atoms with Crippen molar-refractivity contribution in [3.63, 3.8) is 0 Å². The Labute approximate surface area is 205 Å². The van der Waals surface area contributed by atoms with E-state index in [-0.39, 0.29) is 24.2 Å². The van der Waals surface area contributed by atoms with Crippen LogP contribution in [0.5, 0.6) is 0 Å². The van der Waals surface area contributed by atoms with Crippen molar-refractivity contribution in [2.24, 2.45) is 0 Å². The first-order valence-corrected chi connectivity index (χ1v) is 12.1. The minimum absolute atomic E-state index is 0.217. The van der Waals surface area contributed by atoms with Crippen LogP contribution in [0.2, 0.25) is 0 Å². The van der Waals surface area contributed by atoms with E-state index in [9.17, 15) is 14.0 Å². The number of hydrogen-bond donors (Lipinski definition) is 3. The van der Waals surface area contributed by atoms with Crippen LogP contribution < -0.4 is 15.5 Å². The number of rotatable bonds is 6. The van der Waals surface area contributed by atoms with Gasteiger partial charge in [-0.05, 0) is 55.1 Å². The second-order valence-corrected chi connectivity index (χ2v) is 9.58. The topological polar surface area (TPSA) is 93.4 Å². The first-order chi connectivity index (χ1) is 17.0. The molecule has 10 heteroatoms. The highest BCUT2D eigenvalue weighted by Gasteiger charge is 2.18. The van der Waals surface area contributed by atoms with Gasteiger partial charge in [-0.2, -0.15) is 5.10 Å². The van der Waals surface area contributed by atoms with Crippen molar-refractivity contribution in [1.82, 2.24) is 20.4 Å². The summed E-state index contributed by atoms with van der Waals surface area (Å²) in [6, 6.07) is 15.3. The maximum Gasteiger partial charge on any atom is 0.261 e. The van der Waals surface area contributed by atoms with Crippen molar-refractivity contribution in [2.75, 3.05) is 43.4 Å². The second-order valence-electron chi connectivity index (χ2n) is 8.53. The Hall–Kier alpha value is -3.76. The van der Waals surface area contributed by atoms with Gasteiger partial charge in [-0.15, -0.1) is 11.3 Å². The summed E-state index contributed by atoms with van der Waals surface area (Å²) < 4.78 is 14.0. The summed E-state index contributed by atoms with van der Waals surface area (Å²) in [5.41, 5.74) is 2.97. The molecule has 1 aliphatic rings. The molecule has 2 amide bonds. The predicted molar refractivity (Wildman–Crippen MR) is 136 cm³/mol. The highest BCUT2D eigenvalue weighted by molar-refractivity contribution is 7.21. The molecule has 3 N–H and O–H groups in total. The molecule has 0 unspecified atom stereocenters. The molecule has 0 spiro atoms. The Bertz CT molecular complexity index is 1360. The molecule has 3 heterocycles. The van der Waals surface area contributed by atoms with E-state index < -0.39 is 0 Å². The maximum atomic E-state index is 13.3. The number of halogens is 1. The Morgan fingerprint density at radius 2 is 1.83 bits per heavy atom. The summed E-state index contributed by atoms with van der Waals surface area (Å²) in [5.74, 6) is -0.515. The largest absolute Gasteiger partial charge is 0.369 e. The second kappa shape index (κ2) is 9.85.